The quantitative estimate of drug-likeness (QED) is 0.833. The van der Waals surface area contributed by atoms with Gasteiger partial charge in [-0.3, -0.25) is 4.79 Å². The molecule has 1 aliphatic carbocycles. The zero-order chi connectivity index (χ0) is 15.4. The molecule has 1 amide bonds. The van der Waals surface area contributed by atoms with Crippen molar-refractivity contribution in [1.82, 2.24) is 5.32 Å². The number of benzene rings is 1. The summed E-state index contributed by atoms with van der Waals surface area (Å²) in [6, 6.07) is 11.5. The van der Waals surface area contributed by atoms with Gasteiger partial charge in [-0.25, -0.2) is 0 Å². The van der Waals surface area contributed by atoms with Gasteiger partial charge in [-0.1, -0.05) is 24.4 Å². The number of nitrogens with one attached hydrogen (secondary N) is 1. The molecular weight excluding hydrogens is 298 g/mol. The molecule has 1 aromatic heterocycles. The van der Waals surface area contributed by atoms with Crippen molar-refractivity contribution in [2.75, 3.05) is 0 Å². The highest BCUT2D eigenvalue weighted by molar-refractivity contribution is 6.30. The SMILES string of the molecule is O=C(/C=C/c1ccc(-c2ccc(Cl)cc2)o1)NC1CCCC1. The first-order chi connectivity index (χ1) is 10.7. The van der Waals surface area contributed by atoms with E-state index in [1.54, 1.807) is 6.08 Å². The molecule has 0 radical (unpaired) electrons. The lowest BCUT2D eigenvalue weighted by Crippen LogP contribution is -2.30. The van der Waals surface area contributed by atoms with Crippen LogP contribution in [0.2, 0.25) is 5.02 Å². The summed E-state index contributed by atoms with van der Waals surface area (Å²) < 4.78 is 5.72. The molecule has 0 saturated heterocycles. The van der Waals surface area contributed by atoms with Crippen molar-refractivity contribution in [3.05, 3.63) is 53.3 Å². The van der Waals surface area contributed by atoms with Gasteiger partial charge in [-0.15, -0.1) is 0 Å². The topological polar surface area (TPSA) is 42.2 Å². The number of carbonyl (C=O) groups excluding carboxylic acids is 1. The molecule has 114 valence electrons. The van der Waals surface area contributed by atoms with Crippen molar-refractivity contribution in [1.29, 1.82) is 0 Å². The Kier molecular flexibility index (Phi) is 4.64. The van der Waals surface area contributed by atoms with Crippen LogP contribution in [0.3, 0.4) is 0 Å². The van der Waals surface area contributed by atoms with E-state index in [1.807, 2.05) is 36.4 Å². The van der Waals surface area contributed by atoms with Crippen LogP contribution in [0, 0.1) is 0 Å². The van der Waals surface area contributed by atoms with Gasteiger partial charge in [0.15, 0.2) is 0 Å². The predicted molar refractivity (Wildman–Crippen MR) is 88.6 cm³/mol. The molecular formula is C18H18ClNO2. The van der Waals surface area contributed by atoms with Crippen molar-refractivity contribution < 1.29 is 9.21 Å². The highest BCUT2D eigenvalue weighted by Gasteiger charge is 2.15. The fraction of sp³-hybridized carbons (Fsp3) is 0.278. The van der Waals surface area contributed by atoms with Crippen LogP contribution in [-0.2, 0) is 4.79 Å². The average Bonchev–Trinajstić information content (AvgIpc) is 3.17. The molecule has 4 heteroatoms. The van der Waals surface area contributed by atoms with Gasteiger partial charge in [-0.05, 0) is 55.3 Å². The third-order valence-corrected chi connectivity index (χ3v) is 4.11. The largest absolute Gasteiger partial charge is 0.457 e. The first-order valence-corrected chi connectivity index (χ1v) is 7.93. The second kappa shape index (κ2) is 6.84. The van der Waals surface area contributed by atoms with Gasteiger partial charge in [-0.2, -0.15) is 0 Å². The van der Waals surface area contributed by atoms with Gasteiger partial charge in [0, 0.05) is 22.7 Å². The second-order valence-electron chi connectivity index (χ2n) is 5.53. The third-order valence-electron chi connectivity index (χ3n) is 3.86. The predicted octanol–water partition coefficient (Wildman–Crippen LogP) is 4.67. The molecule has 3 nitrogen and oxygen atoms in total. The highest BCUT2D eigenvalue weighted by Crippen LogP contribution is 2.24. The van der Waals surface area contributed by atoms with Gasteiger partial charge in [0.25, 0.3) is 0 Å². The molecule has 1 heterocycles. The van der Waals surface area contributed by atoms with Gasteiger partial charge in [0.05, 0.1) is 0 Å². The van der Waals surface area contributed by atoms with Crippen LogP contribution in [0.15, 0.2) is 46.9 Å². The first kappa shape index (κ1) is 14.9. The second-order valence-corrected chi connectivity index (χ2v) is 5.97. The van der Waals surface area contributed by atoms with Gasteiger partial charge < -0.3 is 9.73 Å². The van der Waals surface area contributed by atoms with E-state index in [-0.39, 0.29) is 5.91 Å². The van der Waals surface area contributed by atoms with Gasteiger partial charge in [0.1, 0.15) is 11.5 Å². The zero-order valence-electron chi connectivity index (χ0n) is 12.2. The lowest BCUT2D eigenvalue weighted by Gasteiger charge is -2.08. The monoisotopic (exact) mass is 315 g/mol. The van der Waals surface area contributed by atoms with E-state index in [0.29, 0.717) is 16.8 Å². The molecule has 2 aromatic rings. The van der Waals surface area contributed by atoms with Crippen molar-refractivity contribution in [3.63, 3.8) is 0 Å². The Morgan fingerprint density at radius 2 is 1.86 bits per heavy atom. The molecule has 1 aromatic carbocycles. The molecule has 1 N–H and O–H groups in total. The Bertz CT molecular complexity index is 667. The maximum atomic E-state index is 11.8. The maximum absolute atomic E-state index is 11.8. The smallest absolute Gasteiger partial charge is 0.244 e. The molecule has 0 unspecified atom stereocenters. The normalized spacial score (nSPS) is 15.5. The van der Waals surface area contributed by atoms with E-state index < -0.39 is 0 Å². The van der Waals surface area contributed by atoms with Gasteiger partial charge >= 0.3 is 0 Å². The molecule has 1 saturated carbocycles. The molecule has 1 fully saturated rings. The molecule has 0 bridgehead atoms. The number of hydrogen-bond donors (Lipinski definition) is 1. The van der Waals surface area contributed by atoms with Crippen LogP contribution in [0.25, 0.3) is 17.4 Å². The van der Waals surface area contributed by atoms with Crippen LogP contribution < -0.4 is 5.32 Å². The molecule has 3 rings (SSSR count). The van der Waals surface area contributed by atoms with Crippen LogP contribution >= 0.6 is 11.6 Å². The number of rotatable bonds is 4. The molecule has 0 atom stereocenters. The van der Waals surface area contributed by atoms with E-state index in [0.717, 1.165) is 24.2 Å². The summed E-state index contributed by atoms with van der Waals surface area (Å²) in [4.78, 5) is 11.8. The Morgan fingerprint density at radius 3 is 2.59 bits per heavy atom. The fourth-order valence-corrected chi connectivity index (χ4v) is 2.81. The Hall–Kier alpha value is -2.00. The van der Waals surface area contributed by atoms with Crippen molar-refractivity contribution in [3.8, 4) is 11.3 Å². The van der Waals surface area contributed by atoms with E-state index in [1.165, 1.54) is 18.9 Å². The number of hydrogen-bond acceptors (Lipinski definition) is 2. The van der Waals surface area contributed by atoms with Crippen molar-refractivity contribution >= 4 is 23.6 Å². The number of furan rings is 1. The van der Waals surface area contributed by atoms with E-state index in [9.17, 15) is 4.79 Å². The Labute approximate surface area is 135 Å². The van der Waals surface area contributed by atoms with E-state index in [2.05, 4.69) is 5.32 Å². The van der Waals surface area contributed by atoms with Crippen LogP contribution in [0.1, 0.15) is 31.4 Å². The summed E-state index contributed by atoms with van der Waals surface area (Å²) in [7, 11) is 0. The summed E-state index contributed by atoms with van der Waals surface area (Å²) in [5.74, 6) is 1.36. The number of amides is 1. The Morgan fingerprint density at radius 1 is 1.14 bits per heavy atom. The van der Waals surface area contributed by atoms with E-state index in [4.69, 9.17) is 16.0 Å². The summed E-state index contributed by atoms with van der Waals surface area (Å²) in [5.41, 5.74) is 0.958. The molecule has 0 aliphatic heterocycles. The summed E-state index contributed by atoms with van der Waals surface area (Å²) in [5, 5.41) is 3.71. The van der Waals surface area contributed by atoms with Crippen LogP contribution in [0.5, 0.6) is 0 Å². The minimum absolute atomic E-state index is 0.0589. The van der Waals surface area contributed by atoms with Crippen LogP contribution in [-0.4, -0.2) is 11.9 Å². The minimum Gasteiger partial charge on any atom is -0.457 e. The van der Waals surface area contributed by atoms with E-state index >= 15 is 0 Å². The summed E-state index contributed by atoms with van der Waals surface area (Å²) in [6.45, 7) is 0. The summed E-state index contributed by atoms with van der Waals surface area (Å²) in [6.07, 6.45) is 7.81. The van der Waals surface area contributed by atoms with Gasteiger partial charge in [0.2, 0.25) is 5.91 Å². The van der Waals surface area contributed by atoms with Crippen LogP contribution in [0.4, 0.5) is 0 Å². The minimum atomic E-state index is -0.0589. The molecule has 1 aliphatic rings. The fourth-order valence-electron chi connectivity index (χ4n) is 2.69. The average molecular weight is 316 g/mol. The molecule has 0 spiro atoms. The Balaban J connectivity index is 1.62. The third kappa shape index (κ3) is 3.80. The van der Waals surface area contributed by atoms with Crippen molar-refractivity contribution in [2.24, 2.45) is 0 Å². The first-order valence-electron chi connectivity index (χ1n) is 7.55. The summed E-state index contributed by atoms with van der Waals surface area (Å²) >= 11 is 5.87. The molecule has 22 heavy (non-hydrogen) atoms. The zero-order valence-corrected chi connectivity index (χ0v) is 13.0. The number of carbonyl (C=O) groups is 1. The van der Waals surface area contributed by atoms with Crippen molar-refractivity contribution in [2.45, 2.75) is 31.7 Å². The maximum Gasteiger partial charge on any atom is 0.244 e. The standard InChI is InChI=1S/C18H18ClNO2/c19-14-7-5-13(6-8-14)17-11-9-16(22-17)10-12-18(21)20-15-3-1-2-4-15/h5-12,15H,1-4H2,(H,20,21)/b12-10+. The number of halogens is 1. The lowest BCUT2D eigenvalue weighted by atomic mass is 10.2. The lowest BCUT2D eigenvalue weighted by molar-refractivity contribution is -0.117. The highest BCUT2D eigenvalue weighted by atomic mass is 35.5.